The molecule has 1 rings (SSSR count). The molecule has 2 unspecified atom stereocenters. The van der Waals surface area contributed by atoms with E-state index in [2.05, 4.69) is 13.8 Å². The van der Waals surface area contributed by atoms with Crippen LogP contribution in [-0.4, -0.2) is 21.0 Å². The number of esters is 1. The van der Waals surface area contributed by atoms with Gasteiger partial charge in [0.25, 0.3) is 0 Å². The molecule has 0 aliphatic carbocycles. The van der Waals surface area contributed by atoms with Crippen LogP contribution in [-0.2, 0) is 20.3 Å². The summed E-state index contributed by atoms with van der Waals surface area (Å²) >= 11 is 0. The first kappa shape index (κ1) is 16.9. The first-order valence-electron chi connectivity index (χ1n) is 6.85. The lowest BCUT2D eigenvalue weighted by Crippen LogP contribution is -2.32. The quantitative estimate of drug-likeness (QED) is 0.797. The van der Waals surface area contributed by atoms with Gasteiger partial charge in [-0.05, 0) is 51.3 Å². The van der Waals surface area contributed by atoms with Gasteiger partial charge in [0.05, 0.1) is 10.8 Å². The minimum atomic E-state index is -1.39. The standard InChI is InChI=1S/C16H24O3S/c1-11(2)13-7-9-14(10-8-13)20(18)12(3)15(17)19-16(4,5)6/h7-12H,1-6H3. The third-order valence-electron chi connectivity index (χ3n) is 2.84. The second kappa shape index (κ2) is 6.53. The number of carbonyl (C=O) groups excluding carboxylic acids is 1. The van der Waals surface area contributed by atoms with Crippen LogP contribution in [0.5, 0.6) is 0 Å². The monoisotopic (exact) mass is 296 g/mol. The second-order valence-electron chi connectivity index (χ2n) is 6.20. The van der Waals surface area contributed by atoms with Crippen LogP contribution < -0.4 is 0 Å². The van der Waals surface area contributed by atoms with Crippen molar-refractivity contribution in [3.05, 3.63) is 29.8 Å². The largest absolute Gasteiger partial charge is 0.459 e. The number of ether oxygens (including phenoxy) is 1. The Labute approximate surface area is 124 Å². The molecule has 0 bridgehead atoms. The SMILES string of the molecule is CC(C)c1ccc(S(=O)C(C)C(=O)OC(C)(C)C)cc1. The third-order valence-corrected chi connectivity index (χ3v) is 4.41. The number of benzene rings is 1. The molecule has 0 aliphatic rings. The highest BCUT2D eigenvalue weighted by atomic mass is 32.2. The molecule has 0 saturated heterocycles. The smallest absolute Gasteiger partial charge is 0.322 e. The Hall–Kier alpha value is -1.16. The van der Waals surface area contributed by atoms with E-state index in [1.165, 1.54) is 5.56 Å². The van der Waals surface area contributed by atoms with Crippen LogP contribution in [0.2, 0.25) is 0 Å². The predicted octanol–water partition coefficient (Wildman–Crippen LogP) is 3.65. The molecule has 1 aromatic rings. The van der Waals surface area contributed by atoms with Gasteiger partial charge in [-0.2, -0.15) is 0 Å². The zero-order valence-corrected chi connectivity index (χ0v) is 13.9. The zero-order chi connectivity index (χ0) is 15.5. The van der Waals surface area contributed by atoms with E-state index >= 15 is 0 Å². The van der Waals surface area contributed by atoms with Crippen LogP contribution in [0.3, 0.4) is 0 Å². The second-order valence-corrected chi connectivity index (χ2v) is 7.97. The average Bonchev–Trinajstić information content (AvgIpc) is 2.35. The Balaban J connectivity index is 2.81. The molecule has 0 N–H and O–H groups in total. The van der Waals surface area contributed by atoms with Crippen molar-refractivity contribution in [3.8, 4) is 0 Å². The van der Waals surface area contributed by atoms with Gasteiger partial charge in [-0.3, -0.25) is 9.00 Å². The number of rotatable bonds is 4. The molecular weight excluding hydrogens is 272 g/mol. The van der Waals surface area contributed by atoms with Crippen LogP contribution >= 0.6 is 0 Å². The van der Waals surface area contributed by atoms with Gasteiger partial charge in [0.1, 0.15) is 10.9 Å². The topological polar surface area (TPSA) is 43.4 Å². The van der Waals surface area contributed by atoms with Crippen molar-refractivity contribution in [1.29, 1.82) is 0 Å². The summed E-state index contributed by atoms with van der Waals surface area (Å²) in [6.07, 6.45) is 0. The van der Waals surface area contributed by atoms with Crippen molar-refractivity contribution in [2.45, 2.75) is 63.2 Å². The van der Waals surface area contributed by atoms with Gasteiger partial charge < -0.3 is 4.74 Å². The maximum Gasteiger partial charge on any atom is 0.322 e. The fourth-order valence-electron chi connectivity index (χ4n) is 1.66. The number of hydrogen-bond donors (Lipinski definition) is 0. The van der Waals surface area contributed by atoms with Gasteiger partial charge in [0.15, 0.2) is 0 Å². The highest BCUT2D eigenvalue weighted by molar-refractivity contribution is 7.86. The van der Waals surface area contributed by atoms with Gasteiger partial charge >= 0.3 is 5.97 Å². The molecular formula is C16H24O3S. The minimum Gasteiger partial charge on any atom is -0.459 e. The molecule has 0 heterocycles. The normalized spacial score (nSPS) is 14.9. The van der Waals surface area contributed by atoms with E-state index in [1.54, 1.807) is 27.7 Å². The zero-order valence-electron chi connectivity index (χ0n) is 13.1. The first-order valence-corrected chi connectivity index (χ1v) is 8.06. The lowest BCUT2D eigenvalue weighted by molar-refractivity contribution is -0.153. The van der Waals surface area contributed by atoms with E-state index in [1.807, 2.05) is 24.3 Å². The third kappa shape index (κ3) is 4.75. The summed E-state index contributed by atoms with van der Waals surface area (Å²) in [5.41, 5.74) is 0.632. The van der Waals surface area contributed by atoms with Crippen molar-refractivity contribution < 1.29 is 13.7 Å². The minimum absolute atomic E-state index is 0.427. The highest BCUT2D eigenvalue weighted by Crippen LogP contribution is 2.19. The van der Waals surface area contributed by atoms with Crippen LogP contribution in [0.15, 0.2) is 29.2 Å². The predicted molar refractivity (Wildman–Crippen MR) is 82.2 cm³/mol. The highest BCUT2D eigenvalue weighted by Gasteiger charge is 2.27. The lowest BCUT2D eigenvalue weighted by Gasteiger charge is -2.22. The molecule has 0 amide bonds. The number of carbonyl (C=O) groups is 1. The molecule has 0 fully saturated rings. The van der Waals surface area contributed by atoms with Crippen molar-refractivity contribution in [3.63, 3.8) is 0 Å². The van der Waals surface area contributed by atoms with Crippen LogP contribution in [0.1, 0.15) is 53.0 Å². The summed E-state index contributed by atoms with van der Waals surface area (Å²) in [5, 5.41) is -0.667. The summed E-state index contributed by atoms with van der Waals surface area (Å²) in [6, 6.07) is 7.57. The summed E-state index contributed by atoms with van der Waals surface area (Å²) in [4.78, 5) is 12.6. The molecule has 112 valence electrons. The molecule has 20 heavy (non-hydrogen) atoms. The van der Waals surface area contributed by atoms with Crippen molar-refractivity contribution in [2.75, 3.05) is 0 Å². The molecule has 2 atom stereocenters. The molecule has 0 spiro atoms. The lowest BCUT2D eigenvalue weighted by atomic mass is 10.0. The van der Waals surface area contributed by atoms with E-state index in [0.29, 0.717) is 10.8 Å². The summed E-state index contributed by atoms with van der Waals surface area (Å²) in [6.45, 7) is 11.3. The Bertz CT molecular complexity index is 483. The molecule has 1 aromatic carbocycles. The Morgan fingerprint density at radius 2 is 1.60 bits per heavy atom. The van der Waals surface area contributed by atoms with Gasteiger partial charge in [0.2, 0.25) is 0 Å². The molecule has 3 nitrogen and oxygen atoms in total. The summed E-state index contributed by atoms with van der Waals surface area (Å²) in [7, 11) is -1.39. The maximum atomic E-state index is 12.4. The van der Waals surface area contributed by atoms with Crippen LogP contribution in [0, 0.1) is 0 Å². The number of hydrogen-bond acceptors (Lipinski definition) is 3. The Kier molecular flexibility index (Phi) is 5.51. The fourth-order valence-corrected chi connectivity index (χ4v) is 2.70. The van der Waals surface area contributed by atoms with E-state index < -0.39 is 27.6 Å². The Morgan fingerprint density at radius 3 is 2.00 bits per heavy atom. The van der Waals surface area contributed by atoms with E-state index in [4.69, 9.17) is 4.74 Å². The van der Waals surface area contributed by atoms with Crippen molar-refractivity contribution in [2.24, 2.45) is 0 Å². The first-order chi connectivity index (χ1) is 9.11. The van der Waals surface area contributed by atoms with E-state index in [0.717, 1.165) is 0 Å². The van der Waals surface area contributed by atoms with Crippen LogP contribution in [0.4, 0.5) is 0 Å². The van der Waals surface area contributed by atoms with E-state index in [9.17, 15) is 9.00 Å². The van der Waals surface area contributed by atoms with Gasteiger partial charge in [-0.15, -0.1) is 0 Å². The molecule has 0 aliphatic heterocycles. The average molecular weight is 296 g/mol. The molecule has 0 radical (unpaired) electrons. The van der Waals surface area contributed by atoms with Gasteiger partial charge in [0, 0.05) is 4.90 Å². The molecule has 4 heteroatoms. The van der Waals surface area contributed by atoms with Gasteiger partial charge in [-0.25, -0.2) is 0 Å². The summed E-state index contributed by atoms with van der Waals surface area (Å²) in [5.74, 6) is 0.00420. The summed E-state index contributed by atoms with van der Waals surface area (Å²) < 4.78 is 17.6. The van der Waals surface area contributed by atoms with Crippen molar-refractivity contribution in [1.82, 2.24) is 0 Å². The van der Waals surface area contributed by atoms with Crippen LogP contribution in [0.25, 0.3) is 0 Å². The Morgan fingerprint density at radius 1 is 1.10 bits per heavy atom. The molecule has 0 saturated carbocycles. The molecule has 0 aromatic heterocycles. The van der Waals surface area contributed by atoms with Gasteiger partial charge in [-0.1, -0.05) is 26.0 Å². The van der Waals surface area contributed by atoms with Crippen molar-refractivity contribution >= 4 is 16.8 Å². The fraction of sp³-hybridized carbons (Fsp3) is 0.562. The van der Waals surface area contributed by atoms with E-state index in [-0.39, 0.29) is 0 Å². The maximum absolute atomic E-state index is 12.4.